The van der Waals surface area contributed by atoms with E-state index in [0.29, 0.717) is 0 Å². The van der Waals surface area contributed by atoms with Crippen molar-refractivity contribution in [2.75, 3.05) is 18.4 Å². The van der Waals surface area contributed by atoms with Gasteiger partial charge >= 0.3 is 0 Å². The lowest BCUT2D eigenvalue weighted by atomic mass is 9.82. The highest BCUT2D eigenvalue weighted by Crippen LogP contribution is 2.43. The molecule has 2 aromatic heterocycles. The molecule has 0 radical (unpaired) electrons. The highest BCUT2D eigenvalue weighted by molar-refractivity contribution is 7.12. The number of hydrogen-bond acceptors (Lipinski definition) is 3. The van der Waals surface area contributed by atoms with Crippen molar-refractivity contribution in [3.8, 4) is 5.69 Å². The number of nitrogens with zero attached hydrogens (tertiary/aromatic N) is 2. The van der Waals surface area contributed by atoms with Gasteiger partial charge < -0.3 is 14.8 Å². The molecular weight excluding hydrogens is 330 g/mol. The fraction of sp³-hybridized carbons (Fsp3) is 0.250. The molecule has 0 saturated carbocycles. The van der Waals surface area contributed by atoms with Gasteiger partial charge in [0.25, 0.3) is 5.91 Å². The number of piperidine rings is 1. The third-order valence-corrected chi connectivity index (χ3v) is 6.27. The minimum absolute atomic E-state index is 0.0932. The molecule has 5 rings (SSSR count). The zero-order valence-electron chi connectivity index (χ0n) is 13.8. The van der Waals surface area contributed by atoms with E-state index in [1.807, 2.05) is 22.4 Å². The van der Waals surface area contributed by atoms with Crippen LogP contribution in [-0.2, 0) is 5.54 Å². The second-order valence-corrected chi connectivity index (χ2v) is 7.70. The molecule has 25 heavy (non-hydrogen) atoms. The van der Waals surface area contributed by atoms with Gasteiger partial charge in [0.05, 0.1) is 21.8 Å². The Bertz CT molecular complexity index is 920. The minimum Gasteiger partial charge on any atom is -0.372 e. The molecule has 4 heterocycles. The van der Waals surface area contributed by atoms with Crippen LogP contribution in [0.25, 0.3) is 5.69 Å². The molecular formula is C20H19N3OS. The number of carbonyl (C=O) groups excluding carboxylic acids is 1. The number of amides is 1. The molecule has 126 valence electrons. The lowest BCUT2D eigenvalue weighted by Crippen LogP contribution is -2.50. The zero-order valence-corrected chi connectivity index (χ0v) is 14.6. The van der Waals surface area contributed by atoms with Crippen molar-refractivity contribution in [3.05, 3.63) is 70.7 Å². The topological polar surface area (TPSA) is 37.3 Å². The van der Waals surface area contributed by atoms with Crippen LogP contribution in [0.4, 0.5) is 5.69 Å². The summed E-state index contributed by atoms with van der Waals surface area (Å²) in [6.07, 6.45) is 3.98. The second-order valence-electron chi connectivity index (χ2n) is 6.76. The number of hydrogen-bond donors (Lipinski definition) is 1. The number of thiophene rings is 1. The predicted molar refractivity (Wildman–Crippen MR) is 101 cm³/mol. The predicted octanol–water partition coefficient (Wildman–Crippen LogP) is 4.10. The van der Waals surface area contributed by atoms with Gasteiger partial charge in [0.15, 0.2) is 0 Å². The first kappa shape index (κ1) is 14.8. The van der Waals surface area contributed by atoms with Crippen LogP contribution < -0.4 is 5.32 Å². The van der Waals surface area contributed by atoms with E-state index in [0.717, 1.165) is 30.8 Å². The van der Waals surface area contributed by atoms with Gasteiger partial charge in [0.1, 0.15) is 0 Å². The average molecular weight is 349 g/mol. The second kappa shape index (κ2) is 5.49. The molecule has 1 aromatic carbocycles. The molecule has 3 aromatic rings. The highest BCUT2D eigenvalue weighted by Gasteiger charge is 2.42. The molecule has 0 aliphatic carbocycles. The third-order valence-electron chi connectivity index (χ3n) is 5.41. The molecule has 4 nitrogen and oxygen atoms in total. The number of benzene rings is 1. The van der Waals surface area contributed by atoms with Gasteiger partial charge in [-0.2, -0.15) is 0 Å². The molecule has 1 amide bonds. The van der Waals surface area contributed by atoms with E-state index in [1.54, 1.807) is 0 Å². The number of likely N-dealkylation sites (tertiary alicyclic amines) is 1. The summed E-state index contributed by atoms with van der Waals surface area (Å²) in [5.41, 5.74) is 3.58. The molecule has 1 N–H and O–H groups in total. The SMILES string of the molecule is O=C(c1cccs1)N1CCC2(CC1)Nc1ccccc1-n1cccc12. The Balaban J connectivity index is 1.44. The van der Waals surface area contributed by atoms with E-state index in [1.165, 1.54) is 28.4 Å². The maximum absolute atomic E-state index is 12.6. The Morgan fingerprint density at radius 3 is 2.68 bits per heavy atom. The largest absolute Gasteiger partial charge is 0.372 e. The molecule has 1 spiro atoms. The number of rotatable bonds is 1. The summed E-state index contributed by atoms with van der Waals surface area (Å²) in [4.78, 5) is 15.5. The van der Waals surface area contributed by atoms with Gasteiger partial charge in [-0.15, -0.1) is 11.3 Å². The van der Waals surface area contributed by atoms with E-state index in [4.69, 9.17) is 0 Å². The monoisotopic (exact) mass is 349 g/mol. The number of nitrogens with one attached hydrogen (secondary N) is 1. The van der Waals surface area contributed by atoms with Gasteiger partial charge in [-0.05, 0) is 48.6 Å². The lowest BCUT2D eigenvalue weighted by molar-refractivity contribution is 0.0681. The van der Waals surface area contributed by atoms with Crippen LogP contribution in [0.2, 0.25) is 0 Å². The number of aromatic nitrogens is 1. The molecule has 0 unspecified atom stereocenters. The normalized spacial score (nSPS) is 17.7. The summed E-state index contributed by atoms with van der Waals surface area (Å²) >= 11 is 1.52. The number of para-hydroxylation sites is 2. The van der Waals surface area contributed by atoms with Crippen LogP contribution in [0.15, 0.2) is 60.1 Å². The van der Waals surface area contributed by atoms with Crippen LogP contribution in [0.5, 0.6) is 0 Å². The molecule has 2 aliphatic rings. The fourth-order valence-electron chi connectivity index (χ4n) is 4.12. The Morgan fingerprint density at radius 2 is 1.88 bits per heavy atom. The van der Waals surface area contributed by atoms with Gasteiger partial charge in [-0.3, -0.25) is 4.79 Å². The Morgan fingerprint density at radius 1 is 1.04 bits per heavy atom. The van der Waals surface area contributed by atoms with Crippen molar-refractivity contribution in [2.24, 2.45) is 0 Å². The average Bonchev–Trinajstić information content (AvgIpc) is 3.34. The van der Waals surface area contributed by atoms with Crippen LogP contribution in [0.1, 0.15) is 28.2 Å². The van der Waals surface area contributed by atoms with Gasteiger partial charge in [0, 0.05) is 25.0 Å². The Labute approximate surface area is 150 Å². The first-order valence-electron chi connectivity index (χ1n) is 8.65. The molecule has 1 saturated heterocycles. The van der Waals surface area contributed by atoms with Crippen LogP contribution in [0, 0.1) is 0 Å². The first-order chi connectivity index (χ1) is 12.3. The molecule has 0 atom stereocenters. The van der Waals surface area contributed by atoms with E-state index < -0.39 is 0 Å². The van der Waals surface area contributed by atoms with Gasteiger partial charge in [0.2, 0.25) is 0 Å². The van der Waals surface area contributed by atoms with E-state index in [9.17, 15) is 4.79 Å². The van der Waals surface area contributed by atoms with Crippen LogP contribution >= 0.6 is 11.3 Å². The summed E-state index contributed by atoms with van der Waals surface area (Å²) in [7, 11) is 0. The fourth-order valence-corrected chi connectivity index (χ4v) is 4.81. The van der Waals surface area contributed by atoms with E-state index in [2.05, 4.69) is 52.5 Å². The maximum atomic E-state index is 12.6. The minimum atomic E-state index is -0.0932. The highest BCUT2D eigenvalue weighted by atomic mass is 32.1. The van der Waals surface area contributed by atoms with Crippen LogP contribution in [-0.4, -0.2) is 28.5 Å². The van der Waals surface area contributed by atoms with Crippen molar-refractivity contribution in [1.29, 1.82) is 0 Å². The van der Waals surface area contributed by atoms with Gasteiger partial charge in [-0.1, -0.05) is 18.2 Å². The van der Waals surface area contributed by atoms with Crippen molar-refractivity contribution < 1.29 is 4.79 Å². The van der Waals surface area contributed by atoms with Crippen LogP contribution in [0.3, 0.4) is 0 Å². The van der Waals surface area contributed by atoms with Crippen molar-refractivity contribution >= 4 is 22.9 Å². The summed E-state index contributed by atoms with van der Waals surface area (Å²) in [5, 5.41) is 5.76. The number of fused-ring (bicyclic) bond motifs is 4. The van der Waals surface area contributed by atoms with Crippen molar-refractivity contribution in [1.82, 2.24) is 9.47 Å². The smallest absolute Gasteiger partial charge is 0.263 e. The van der Waals surface area contributed by atoms with Crippen molar-refractivity contribution in [2.45, 2.75) is 18.4 Å². The maximum Gasteiger partial charge on any atom is 0.263 e. The Kier molecular flexibility index (Phi) is 3.25. The summed E-state index contributed by atoms with van der Waals surface area (Å²) in [5.74, 6) is 0.163. The molecule has 2 aliphatic heterocycles. The Hall–Kier alpha value is -2.53. The lowest BCUT2D eigenvalue weighted by Gasteiger charge is -2.46. The third kappa shape index (κ3) is 2.23. The summed E-state index contributed by atoms with van der Waals surface area (Å²) in [6, 6.07) is 16.6. The van der Waals surface area contributed by atoms with E-state index in [-0.39, 0.29) is 11.4 Å². The zero-order chi connectivity index (χ0) is 16.9. The summed E-state index contributed by atoms with van der Waals surface area (Å²) in [6.45, 7) is 1.55. The molecule has 5 heteroatoms. The number of anilines is 1. The quantitative estimate of drug-likeness (QED) is 0.718. The van der Waals surface area contributed by atoms with Gasteiger partial charge in [-0.25, -0.2) is 0 Å². The van der Waals surface area contributed by atoms with Crippen molar-refractivity contribution in [3.63, 3.8) is 0 Å². The standard InChI is InChI=1S/C20H19N3OS/c24-19(17-7-4-14-25-17)22-12-9-20(10-13-22)18-8-3-11-23(18)16-6-2-1-5-15(16)21-20/h1-8,11,14,21H,9-10,12-13H2. The first-order valence-corrected chi connectivity index (χ1v) is 9.53. The summed E-state index contributed by atoms with van der Waals surface area (Å²) < 4.78 is 2.29. The number of carbonyl (C=O) groups is 1. The molecule has 0 bridgehead atoms. The molecule has 1 fully saturated rings. The van der Waals surface area contributed by atoms with E-state index >= 15 is 0 Å².